The summed E-state index contributed by atoms with van der Waals surface area (Å²) >= 11 is 7.42. The maximum absolute atomic E-state index is 5.82. The van der Waals surface area contributed by atoms with Crippen LogP contribution in [0.25, 0.3) is 0 Å². The van der Waals surface area contributed by atoms with Gasteiger partial charge in [0.05, 0.1) is 4.34 Å². The van der Waals surface area contributed by atoms with Crippen LogP contribution in [0.1, 0.15) is 18.2 Å². The Kier molecular flexibility index (Phi) is 5.50. The molecule has 0 aliphatic rings. The van der Waals surface area contributed by atoms with Gasteiger partial charge in [0, 0.05) is 18.0 Å². The third-order valence-corrected chi connectivity index (χ3v) is 3.10. The van der Waals surface area contributed by atoms with Gasteiger partial charge in [0.25, 0.3) is 0 Å². The summed E-state index contributed by atoms with van der Waals surface area (Å²) < 4.78 is 0.831. The van der Waals surface area contributed by atoms with Crippen molar-refractivity contribution >= 4 is 28.9 Å². The zero-order valence-corrected chi connectivity index (χ0v) is 10.4. The normalized spacial score (nSPS) is 11.7. The van der Waals surface area contributed by atoms with Crippen LogP contribution in [0, 0.1) is 0 Å². The molecule has 0 aliphatic heterocycles. The van der Waals surface area contributed by atoms with Crippen LogP contribution in [0.15, 0.2) is 17.1 Å². The molecule has 0 saturated heterocycles. The summed E-state index contributed by atoms with van der Waals surface area (Å²) in [5, 5.41) is 3.07. The number of hydrogen-bond donors (Lipinski definition) is 2. The van der Waals surface area contributed by atoms with Crippen molar-refractivity contribution in [2.75, 3.05) is 13.1 Å². The van der Waals surface area contributed by atoms with Crippen LogP contribution in [0.5, 0.6) is 0 Å². The van der Waals surface area contributed by atoms with Crippen LogP contribution in [-0.2, 0) is 6.42 Å². The molecule has 3 N–H and O–H groups in total. The first-order chi connectivity index (χ1) is 7.22. The van der Waals surface area contributed by atoms with Crippen molar-refractivity contribution in [3.05, 3.63) is 21.3 Å². The van der Waals surface area contributed by atoms with Crippen molar-refractivity contribution in [2.45, 2.75) is 19.8 Å². The van der Waals surface area contributed by atoms with E-state index in [0.717, 1.165) is 30.3 Å². The first kappa shape index (κ1) is 12.3. The van der Waals surface area contributed by atoms with Crippen LogP contribution in [0.4, 0.5) is 0 Å². The van der Waals surface area contributed by atoms with E-state index in [9.17, 15) is 0 Å². The van der Waals surface area contributed by atoms with Crippen molar-refractivity contribution in [2.24, 2.45) is 10.7 Å². The minimum atomic E-state index is 0.527. The van der Waals surface area contributed by atoms with Crippen molar-refractivity contribution in [1.29, 1.82) is 0 Å². The molecule has 0 radical (unpaired) electrons. The van der Waals surface area contributed by atoms with Gasteiger partial charge in [-0.2, -0.15) is 0 Å². The molecule has 0 saturated carbocycles. The molecular weight excluding hydrogens is 230 g/mol. The molecule has 1 aromatic heterocycles. The van der Waals surface area contributed by atoms with E-state index in [1.165, 1.54) is 4.88 Å². The molecule has 1 rings (SSSR count). The van der Waals surface area contributed by atoms with Crippen molar-refractivity contribution in [1.82, 2.24) is 5.32 Å². The Morgan fingerprint density at radius 2 is 2.40 bits per heavy atom. The fourth-order valence-electron chi connectivity index (χ4n) is 1.09. The Balaban J connectivity index is 2.21. The molecule has 0 unspecified atom stereocenters. The van der Waals surface area contributed by atoms with Gasteiger partial charge in [0.15, 0.2) is 5.96 Å². The molecule has 0 fully saturated rings. The zero-order chi connectivity index (χ0) is 11.1. The molecule has 15 heavy (non-hydrogen) atoms. The third-order valence-electron chi connectivity index (χ3n) is 1.81. The standard InChI is InChI=1S/C10H16ClN3S/c1-2-6-13-10(12)14-7-5-8-3-4-9(11)15-8/h3-4H,2,5-7H2,1H3,(H3,12,13,14). The second-order valence-electron chi connectivity index (χ2n) is 3.15. The Labute approximate surface area is 99.3 Å². The molecule has 3 nitrogen and oxygen atoms in total. The van der Waals surface area contributed by atoms with E-state index in [-0.39, 0.29) is 0 Å². The summed E-state index contributed by atoms with van der Waals surface area (Å²) in [5.74, 6) is 0.527. The Morgan fingerprint density at radius 1 is 1.60 bits per heavy atom. The lowest BCUT2D eigenvalue weighted by Crippen LogP contribution is -2.33. The Morgan fingerprint density at radius 3 is 3.00 bits per heavy atom. The summed E-state index contributed by atoms with van der Waals surface area (Å²) in [6.45, 7) is 3.66. The predicted octanol–water partition coefficient (Wildman–Crippen LogP) is 2.26. The van der Waals surface area contributed by atoms with E-state index < -0.39 is 0 Å². The smallest absolute Gasteiger partial charge is 0.188 e. The summed E-state index contributed by atoms with van der Waals surface area (Å²) in [6, 6.07) is 3.95. The molecule has 0 atom stereocenters. The number of rotatable bonds is 5. The van der Waals surface area contributed by atoms with Crippen LogP contribution in [0.2, 0.25) is 4.34 Å². The minimum Gasteiger partial charge on any atom is -0.370 e. The fraction of sp³-hybridized carbons (Fsp3) is 0.500. The molecule has 0 bridgehead atoms. The van der Waals surface area contributed by atoms with E-state index >= 15 is 0 Å². The average Bonchev–Trinajstić information content (AvgIpc) is 2.61. The number of hydrogen-bond acceptors (Lipinski definition) is 2. The monoisotopic (exact) mass is 245 g/mol. The summed E-state index contributed by atoms with van der Waals surface area (Å²) in [7, 11) is 0. The lowest BCUT2D eigenvalue weighted by Gasteiger charge is -2.03. The molecule has 5 heteroatoms. The molecule has 1 heterocycles. The minimum absolute atomic E-state index is 0.527. The zero-order valence-electron chi connectivity index (χ0n) is 8.79. The molecule has 0 amide bonds. The van der Waals surface area contributed by atoms with Crippen molar-refractivity contribution in [3.63, 3.8) is 0 Å². The summed E-state index contributed by atoms with van der Waals surface area (Å²) in [6.07, 6.45) is 1.95. The van der Waals surface area contributed by atoms with Gasteiger partial charge in [0.2, 0.25) is 0 Å². The maximum Gasteiger partial charge on any atom is 0.188 e. The van der Waals surface area contributed by atoms with Gasteiger partial charge in [-0.1, -0.05) is 18.5 Å². The third kappa shape index (κ3) is 5.04. The summed E-state index contributed by atoms with van der Waals surface area (Å²) in [5.41, 5.74) is 5.65. The van der Waals surface area contributed by atoms with Gasteiger partial charge in [-0.15, -0.1) is 11.3 Å². The maximum atomic E-state index is 5.82. The molecule has 1 aromatic rings. The number of nitrogens with zero attached hydrogens (tertiary/aromatic N) is 1. The van der Waals surface area contributed by atoms with Crippen LogP contribution in [0.3, 0.4) is 0 Å². The van der Waals surface area contributed by atoms with E-state index in [1.807, 2.05) is 12.1 Å². The number of aliphatic imine (C=N–C) groups is 1. The number of guanidine groups is 1. The predicted molar refractivity (Wildman–Crippen MR) is 67.8 cm³/mol. The van der Waals surface area contributed by atoms with Gasteiger partial charge in [-0.3, -0.25) is 4.99 Å². The molecular formula is C10H16ClN3S. The second kappa shape index (κ2) is 6.69. The van der Waals surface area contributed by atoms with Crippen LogP contribution in [-0.4, -0.2) is 19.0 Å². The van der Waals surface area contributed by atoms with E-state index in [0.29, 0.717) is 5.96 Å². The number of thiophene rings is 1. The SMILES string of the molecule is CCCN=C(N)NCCc1ccc(Cl)s1. The van der Waals surface area contributed by atoms with Gasteiger partial charge >= 0.3 is 0 Å². The number of halogens is 1. The van der Waals surface area contributed by atoms with Crippen LogP contribution < -0.4 is 11.1 Å². The molecule has 84 valence electrons. The highest BCUT2D eigenvalue weighted by atomic mass is 35.5. The van der Waals surface area contributed by atoms with Gasteiger partial charge < -0.3 is 11.1 Å². The Hall–Kier alpha value is -0.740. The number of nitrogens with one attached hydrogen (secondary N) is 1. The quantitative estimate of drug-likeness (QED) is 0.618. The first-order valence-electron chi connectivity index (χ1n) is 5.00. The van der Waals surface area contributed by atoms with Crippen molar-refractivity contribution in [3.8, 4) is 0 Å². The van der Waals surface area contributed by atoms with Crippen LogP contribution >= 0.6 is 22.9 Å². The average molecular weight is 246 g/mol. The topological polar surface area (TPSA) is 50.4 Å². The second-order valence-corrected chi connectivity index (χ2v) is 4.95. The molecule has 0 aliphatic carbocycles. The molecule has 0 aromatic carbocycles. The van der Waals surface area contributed by atoms with E-state index in [2.05, 4.69) is 17.2 Å². The van der Waals surface area contributed by atoms with E-state index in [1.54, 1.807) is 11.3 Å². The highest BCUT2D eigenvalue weighted by Crippen LogP contribution is 2.21. The highest BCUT2D eigenvalue weighted by Gasteiger charge is 1.97. The van der Waals surface area contributed by atoms with E-state index in [4.69, 9.17) is 17.3 Å². The Bertz CT molecular complexity index is 322. The summed E-state index contributed by atoms with van der Waals surface area (Å²) in [4.78, 5) is 5.40. The van der Waals surface area contributed by atoms with Gasteiger partial charge in [-0.25, -0.2) is 0 Å². The highest BCUT2D eigenvalue weighted by molar-refractivity contribution is 7.16. The van der Waals surface area contributed by atoms with Gasteiger partial charge in [-0.05, 0) is 25.0 Å². The van der Waals surface area contributed by atoms with Gasteiger partial charge in [0.1, 0.15) is 0 Å². The lowest BCUT2D eigenvalue weighted by molar-refractivity contribution is 0.846. The first-order valence-corrected chi connectivity index (χ1v) is 6.20. The number of nitrogens with two attached hydrogens (primary N) is 1. The van der Waals surface area contributed by atoms with Crippen molar-refractivity contribution < 1.29 is 0 Å². The largest absolute Gasteiger partial charge is 0.370 e. The molecule has 0 spiro atoms. The lowest BCUT2D eigenvalue weighted by atomic mass is 10.3. The fourth-order valence-corrected chi connectivity index (χ4v) is 2.18.